The topological polar surface area (TPSA) is 94.4 Å². The Balaban J connectivity index is 2.30. The number of nitrogens with zero attached hydrogens (tertiary/aromatic N) is 5. The second kappa shape index (κ2) is 5.94. The summed E-state index contributed by atoms with van der Waals surface area (Å²) in [6, 6.07) is 0. The predicted octanol–water partition coefficient (Wildman–Crippen LogP) is 0.454. The van der Waals surface area contributed by atoms with E-state index in [1.165, 1.54) is 15.5 Å². The lowest BCUT2D eigenvalue weighted by molar-refractivity contribution is 0.317. The maximum atomic E-state index is 12.4. The van der Waals surface area contributed by atoms with E-state index in [9.17, 15) is 9.59 Å². The van der Waals surface area contributed by atoms with Crippen molar-refractivity contribution in [1.82, 2.24) is 18.7 Å². The number of rotatable bonds is 5. The number of unbranched alkanes of at least 4 members (excludes halogenated alkanes) is 1. The molecule has 0 amide bonds. The lowest BCUT2D eigenvalue weighted by Crippen LogP contribution is -2.39. The second-order valence-electron chi connectivity index (χ2n) is 5.12. The van der Waals surface area contributed by atoms with Crippen molar-refractivity contribution < 1.29 is 5.21 Å². The summed E-state index contributed by atoms with van der Waals surface area (Å²) in [5, 5.41) is 11.7. The first-order valence-corrected chi connectivity index (χ1v) is 6.75. The minimum atomic E-state index is -0.362. The second-order valence-corrected chi connectivity index (χ2v) is 5.12. The van der Waals surface area contributed by atoms with Crippen LogP contribution in [-0.2, 0) is 20.6 Å². The average molecular weight is 293 g/mol. The highest BCUT2D eigenvalue weighted by Gasteiger charge is 2.14. The Morgan fingerprint density at radius 3 is 2.71 bits per heavy atom. The smallest absolute Gasteiger partial charge is 0.332 e. The highest BCUT2D eigenvalue weighted by Crippen LogP contribution is 2.04. The summed E-state index contributed by atoms with van der Waals surface area (Å²) in [5.74, 6) is 0. The molecule has 0 aromatic carbocycles. The van der Waals surface area contributed by atoms with Gasteiger partial charge in [-0.15, -0.1) is 0 Å². The molecule has 2 aromatic rings. The van der Waals surface area contributed by atoms with Crippen molar-refractivity contribution in [2.24, 2.45) is 19.3 Å². The van der Waals surface area contributed by atoms with Crippen molar-refractivity contribution in [2.75, 3.05) is 0 Å². The normalized spacial score (nSPS) is 12.2. The fourth-order valence-corrected chi connectivity index (χ4v) is 2.29. The highest BCUT2D eigenvalue weighted by atomic mass is 16.4. The van der Waals surface area contributed by atoms with Crippen LogP contribution in [0.3, 0.4) is 0 Å². The van der Waals surface area contributed by atoms with Crippen LogP contribution >= 0.6 is 0 Å². The summed E-state index contributed by atoms with van der Waals surface area (Å²) in [4.78, 5) is 28.7. The Hall–Kier alpha value is -2.38. The third kappa shape index (κ3) is 2.74. The Labute approximate surface area is 120 Å². The van der Waals surface area contributed by atoms with Gasteiger partial charge in [-0.05, 0) is 26.2 Å². The molecule has 2 rings (SSSR count). The fraction of sp³-hybridized carbons (Fsp3) is 0.538. The molecule has 0 saturated carbocycles. The van der Waals surface area contributed by atoms with Gasteiger partial charge in [-0.2, -0.15) is 0 Å². The minimum Gasteiger partial charge on any atom is -0.411 e. The molecule has 21 heavy (non-hydrogen) atoms. The van der Waals surface area contributed by atoms with Crippen LogP contribution in [0.4, 0.5) is 0 Å². The number of hydrogen-bond donors (Lipinski definition) is 1. The molecule has 2 aromatic heterocycles. The van der Waals surface area contributed by atoms with Crippen LogP contribution in [0.2, 0.25) is 0 Å². The average Bonchev–Trinajstić information content (AvgIpc) is 2.86. The molecule has 0 unspecified atom stereocenters. The summed E-state index contributed by atoms with van der Waals surface area (Å²) in [7, 11) is 3.34. The van der Waals surface area contributed by atoms with Gasteiger partial charge in [0.1, 0.15) is 0 Å². The number of imidazole rings is 1. The van der Waals surface area contributed by atoms with E-state index in [1.54, 1.807) is 25.6 Å². The SMILES string of the molecule is C/C(CCCCn1c(=O)c2c(ncn2C)n(C)c1=O)=N\O. The lowest BCUT2D eigenvalue weighted by Gasteiger charge is -2.08. The molecule has 0 spiro atoms. The van der Waals surface area contributed by atoms with E-state index >= 15 is 0 Å². The molecule has 0 aliphatic rings. The first kappa shape index (κ1) is 15.0. The van der Waals surface area contributed by atoms with Crippen molar-refractivity contribution in [3.05, 3.63) is 27.2 Å². The van der Waals surface area contributed by atoms with Crippen LogP contribution in [0.25, 0.3) is 11.2 Å². The van der Waals surface area contributed by atoms with Crippen molar-refractivity contribution in [3.8, 4) is 0 Å². The molecule has 0 atom stereocenters. The van der Waals surface area contributed by atoms with E-state index in [-0.39, 0.29) is 11.2 Å². The van der Waals surface area contributed by atoms with Crippen LogP contribution in [0.15, 0.2) is 21.1 Å². The molecule has 0 fully saturated rings. The molecule has 0 aliphatic heterocycles. The third-order valence-corrected chi connectivity index (χ3v) is 3.54. The minimum absolute atomic E-state index is 0.319. The van der Waals surface area contributed by atoms with Gasteiger partial charge < -0.3 is 9.77 Å². The lowest BCUT2D eigenvalue weighted by atomic mass is 10.2. The van der Waals surface area contributed by atoms with Crippen LogP contribution in [-0.4, -0.2) is 29.6 Å². The van der Waals surface area contributed by atoms with Crippen molar-refractivity contribution in [1.29, 1.82) is 0 Å². The Bertz CT molecular complexity index is 796. The molecule has 8 nitrogen and oxygen atoms in total. The van der Waals surface area contributed by atoms with Gasteiger partial charge in [-0.25, -0.2) is 9.78 Å². The first-order chi connectivity index (χ1) is 9.97. The summed E-state index contributed by atoms with van der Waals surface area (Å²) in [6.45, 7) is 2.07. The van der Waals surface area contributed by atoms with Crippen molar-refractivity contribution in [2.45, 2.75) is 32.7 Å². The molecule has 2 heterocycles. The number of hydrogen-bond acceptors (Lipinski definition) is 5. The number of aromatic nitrogens is 4. The van der Waals surface area contributed by atoms with Crippen molar-refractivity contribution >= 4 is 16.9 Å². The third-order valence-electron chi connectivity index (χ3n) is 3.54. The molecule has 0 radical (unpaired) electrons. The molecule has 114 valence electrons. The van der Waals surface area contributed by atoms with Gasteiger partial charge in [0.05, 0.1) is 12.0 Å². The van der Waals surface area contributed by atoms with E-state index in [2.05, 4.69) is 10.1 Å². The fourth-order valence-electron chi connectivity index (χ4n) is 2.29. The quantitative estimate of drug-likeness (QED) is 0.375. The molecule has 1 N–H and O–H groups in total. The standard InChI is InChI=1S/C13H19N5O3/c1-9(15-21)6-4-5-7-18-12(19)10-11(14-8-16(10)2)17(3)13(18)20/h8,21H,4-7H2,1-3H3/b15-9+. The summed E-state index contributed by atoms with van der Waals surface area (Å²) in [6.07, 6.45) is 3.57. The maximum absolute atomic E-state index is 12.4. The molecular weight excluding hydrogens is 274 g/mol. The van der Waals surface area contributed by atoms with Gasteiger partial charge in [0.25, 0.3) is 5.56 Å². The van der Waals surface area contributed by atoms with E-state index in [0.29, 0.717) is 36.3 Å². The molecule has 8 heteroatoms. The van der Waals surface area contributed by atoms with Crippen LogP contribution in [0.1, 0.15) is 26.2 Å². The largest absolute Gasteiger partial charge is 0.411 e. The van der Waals surface area contributed by atoms with Gasteiger partial charge in [-0.1, -0.05) is 5.16 Å². The summed E-state index contributed by atoms with van der Waals surface area (Å²) in [5.41, 5.74) is 0.772. The van der Waals surface area contributed by atoms with E-state index in [1.807, 2.05) is 0 Å². The highest BCUT2D eigenvalue weighted by molar-refractivity contribution is 5.81. The van der Waals surface area contributed by atoms with E-state index in [0.717, 1.165) is 6.42 Å². The molecule has 0 bridgehead atoms. The zero-order valence-electron chi connectivity index (χ0n) is 12.4. The van der Waals surface area contributed by atoms with Crippen LogP contribution < -0.4 is 11.2 Å². The Morgan fingerprint density at radius 1 is 1.33 bits per heavy atom. The van der Waals surface area contributed by atoms with Gasteiger partial charge in [0.15, 0.2) is 11.2 Å². The van der Waals surface area contributed by atoms with Gasteiger partial charge >= 0.3 is 5.69 Å². The van der Waals surface area contributed by atoms with Gasteiger partial charge in [0, 0.05) is 20.6 Å². The summed E-state index contributed by atoms with van der Waals surface area (Å²) < 4.78 is 4.24. The number of fused-ring (bicyclic) bond motifs is 1. The van der Waals surface area contributed by atoms with Crippen molar-refractivity contribution in [3.63, 3.8) is 0 Å². The van der Waals surface area contributed by atoms with E-state index < -0.39 is 0 Å². The number of oxime groups is 1. The van der Waals surface area contributed by atoms with Gasteiger partial charge in [0.2, 0.25) is 0 Å². The molecule has 0 saturated heterocycles. The van der Waals surface area contributed by atoms with E-state index in [4.69, 9.17) is 5.21 Å². The first-order valence-electron chi connectivity index (χ1n) is 6.75. The Kier molecular flexibility index (Phi) is 4.25. The summed E-state index contributed by atoms with van der Waals surface area (Å²) >= 11 is 0. The zero-order valence-corrected chi connectivity index (χ0v) is 12.4. The van der Waals surface area contributed by atoms with Crippen LogP contribution in [0, 0.1) is 0 Å². The number of aryl methyl sites for hydroxylation is 2. The predicted molar refractivity (Wildman–Crippen MR) is 79.0 cm³/mol. The molecule has 0 aliphatic carbocycles. The van der Waals surface area contributed by atoms with Gasteiger partial charge in [-0.3, -0.25) is 13.9 Å². The molecular formula is C13H19N5O3. The maximum Gasteiger partial charge on any atom is 0.332 e. The zero-order chi connectivity index (χ0) is 15.6. The Morgan fingerprint density at radius 2 is 2.05 bits per heavy atom. The monoisotopic (exact) mass is 293 g/mol. The van der Waals surface area contributed by atoms with Crippen LogP contribution in [0.5, 0.6) is 0 Å².